The van der Waals surface area contributed by atoms with Crippen molar-refractivity contribution in [1.82, 2.24) is 9.78 Å². The Hall–Kier alpha value is -3.26. The molecule has 0 unspecified atom stereocenters. The number of hydrogen-bond donors (Lipinski definition) is 1. The van der Waals surface area contributed by atoms with Gasteiger partial charge in [0.25, 0.3) is 11.5 Å². The lowest BCUT2D eigenvalue weighted by atomic mass is 10.1. The number of rotatable bonds is 4. The Labute approximate surface area is 181 Å². The lowest BCUT2D eigenvalue weighted by Gasteiger charge is -2.22. The zero-order valence-electron chi connectivity index (χ0n) is 16.2. The van der Waals surface area contributed by atoms with Crippen molar-refractivity contribution in [2.75, 3.05) is 10.2 Å². The highest BCUT2D eigenvalue weighted by atomic mass is 79.9. The molecule has 0 radical (unpaired) electrons. The summed E-state index contributed by atoms with van der Waals surface area (Å²) in [4.78, 5) is 39.4. The maximum Gasteiger partial charge on any atom is 0.278 e. The lowest BCUT2D eigenvalue weighted by molar-refractivity contribution is -0.117. The van der Waals surface area contributed by atoms with Crippen LogP contribution in [0.5, 0.6) is 0 Å². The second-order valence-electron chi connectivity index (χ2n) is 7.13. The molecule has 8 heteroatoms. The lowest BCUT2D eigenvalue weighted by Crippen LogP contribution is -2.38. The van der Waals surface area contributed by atoms with Crippen LogP contribution in [0.25, 0.3) is 0 Å². The van der Waals surface area contributed by atoms with Gasteiger partial charge in [-0.3, -0.25) is 14.4 Å². The van der Waals surface area contributed by atoms with Gasteiger partial charge in [-0.25, -0.2) is 4.68 Å². The smallest absolute Gasteiger partial charge is 0.278 e. The summed E-state index contributed by atoms with van der Waals surface area (Å²) in [6.45, 7) is 1.68. The monoisotopic (exact) mass is 466 g/mol. The van der Waals surface area contributed by atoms with Gasteiger partial charge in [0.1, 0.15) is 12.2 Å². The fourth-order valence-electron chi connectivity index (χ4n) is 3.54. The van der Waals surface area contributed by atoms with Crippen molar-refractivity contribution in [2.24, 2.45) is 0 Å². The Kier molecular flexibility index (Phi) is 5.50. The second kappa shape index (κ2) is 8.23. The number of benzene rings is 2. The van der Waals surface area contributed by atoms with Crippen LogP contribution in [0.4, 0.5) is 11.4 Å². The van der Waals surface area contributed by atoms with E-state index in [1.54, 1.807) is 29.2 Å². The van der Waals surface area contributed by atoms with Crippen LogP contribution in [0.2, 0.25) is 0 Å². The fourth-order valence-corrected chi connectivity index (χ4v) is 3.81. The van der Waals surface area contributed by atoms with Crippen LogP contribution in [0.15, 0.2) is 69.9 Å². The Morgan fingerprint density at radius 2 is 1.83 bits per heavy atom. The molecule has 4 rings (SSSR count). The minimum Gasteiger partial charge on any atom is -0.324 e. The highest BCUT2D eigenvalue weighted by molar-refractivity contribution is 9.10. The molecule has 2 heterocycles. The normalized spacial score (nSPS) is 15.0. The first kappa shape index (κ1) is 20.0. The predicted molar refractivity (Wildman–Crippen MR) is 118 cm³/mol. The van der Waals surface area contributed by atoms with Crippen molar-refractivity contribution in [2.45, 2.75) is 25.9 Å². The maximum atomic E-state index is 13.1. The molecule has 0 spiro atoms. The van der Waals surface area contributed by atoms with Crippen molar-refractivity contribution < 1.29 is 9.59 Å². The molecule has 2 amide bonds. The van der Waals surface area contributed by atoms with Gasteiger partial charge >= 0.3 is 0 Å². The Morgan fingerprint density at radius 3 is 2.60 bits per heavy atom. The van der Waals surface area contributed by atoms with Crippen molar-refractivity contribution in [3.05, 3.63) is 86.7 Å². The number of nitrogens with one attached hydrogen (secondary N) is 1. The Balaban J connectivity index is 1.54. The summed E-state index contributed by atoms with van der Waals surface area (Å²) in [5, 5.41) is 6.88. The molecule has 1 N–H and O–H groups in total. The van der Waals surface area contributed by atoms with Crippen LogP contribution in [-0.2, 0) is 17.8 Å². The number of nitrogens with zero attached hydrogens (tertiary/aromatic N) is 3. The van der Waals surface area contributed by atoms with Gasteiger partial charge in [-0.05, 0) is 55.3 Å². The number of fused-ring (bicyclic) bond motifs is 1. The van der Waals surface area contributed by atoms with Crippen molar-refractivity contribution >= 4 is 39.1 Å². The SMILES string of the molecule is C[C@@H]1Cc2ccccc2N1C(=O)c1ccc(=O)n(CC(=O)Nc2ccc(Br)cc2)n1. The standard InChI is InChI=1S/C22H19BrN4O3/c1-14-12-15-4-2-3-5-19(15)27(14)22(30)18-10-11-21(29)26(25-18)13-20(28)24-17-8-6-16(23)7-9-17/h2-11,14H,12-13H2,1H3,(H,24,28)/t14-/m1/s1. The molecule has 1 atom stereocenters. The third-order valence-electron chi connectivity index (χ3n) is 4.93. The minimum absolute atomic E-state index is 0.0159. The van der Waals surface area contributed by atoms with Crippen molar-refractivity contribution in [1.29, 1.82) is 0 Å². The first-order valence-corrected chi connectivity index (χ1v) is 10.3. The first-order chi connectivity index (χ1) is 14.4. The second-order valence-corrected chi connectivity index (χ2v) is 8.04. The van der Waals surface area contributed by atoms with Gasteiger partial charge in [0.15, 0.2) is 0 Å². The van der Waals surface area contributed by atoms with Crippen LogP contribution in [0.3, 0.4) is 0 Å². The van der Waals surface area contributed by atoms with E-state index in [9.17, 15) is 14.4 Å². The molecule has 2 aromatic carbocycles. The van der Waals surface area contributed by atoms with Crippen LogP contribution < -0.4 is 15.8 Å². The quantitative estimate of drug-likeness (QED) is 0.639. The fraction of sp³-hybridized carbons (Fsp3) is 0.182. The zero-order chi connectivity index (χ0) is 21.3. The average molecular weight is 467 g/mol. The number of carbonyl (C=O) groups is 2. The maximum absolute atomic E-state index is 13.1. The third-order valence-corrected chi connectivity index (χ3v) is 5.46. The minimum atomic E-state index is -0.452. The van der Waals surface area contributed by atoms with Crippen LogP contribution in [0.1, 0.15) is 23.0 Å². The van der Waals surface area contributed by atoms with E-state index in [4.69, 9.17) is 0 Å². The highest BCUT2D eigenvalue weighted by Crippen LogP contribution is 2.32. The predicted octanol–water partition coefficient (Wildman–Crippen LogP) is 3.24. The molecule has 30 heavy (non-hydrogen) atoms. The van der Waals surface area contributed by atoms with Gasteiger partial charge in [0, 0.05) is 28.0 Å². The molecule has 0 aliphatic carbocycles. The molecule has 152 valence electrons. The summed E-state index contributed by atoms with van der Waals surface area (Å²) in [6.07, 6.45) is 0.761. The van der Waals surface area contributed by atoms with E-state index in [2.05, 4.69) is 26.3 Å². The van der Waals surface area contributed by atoms with E-state index in [1.807, 2.05) is 31.2 Å². The molecule has 1 aliphatic heterocycles. The van der Waals surface area contributed by atoms with Crippen LogP contribution in [0, 0.1) is 0 Å². The van der Waals surface area contributed by atoms with Gasteiger partial charge in [-0.2, -0.15) is 5.10 Å². The van der Waals surface area contributed by atoms with Crippen LogP contribution in [-0.4, -0.2) is 27.6 Å². The number of amides is 2. The van der Waals surface area contributed by atoms with E-state index < -0.39 is 11.5 Å². The van der Waals surface area contributed by atoms with E-state index >= 15 is 0 Å². The van der Waals surface area contributed by atoms with Crippen molar-refractivity contribution in [3.63, 3.8) is 0 Å². The van der Waals surface area contributed by atoms with Crippen LogP contribution >= 0.6 is 15.9 Å². The Morgan fingerprint density at radius 1 is 1.10 bits per heavy atom. The first-order valence-electron chi connectivity index (χ1n) is 9.47. The number of hydrogen-bond acceptors (Lipinski definition) is 4. The van der Waals surface area contributed by atoms with Crippen molar-refractivity contribution in [3.8, 4) is 0 Å². The van der Waals surface area contributed by atoms with E-state index in [0.29, 0.717) is 5.69 Å². The molecule has 7 nitrogen and oxygen atoms in total. The molecule has 1 aliphatic rings. The van der Waals surface area contributed by atoms with Gasteiger partial charge in [-0.15, -0.1) is 0 Å². The topological polar surface area (TPSA) is 84.3 Å². The van der Waals surface area contributed by atoms with Gasteiger partial charge in [0.2, 0.25) is 5.91 Å². The summed E-state index contributed by atoms with van der Waals surface area (Å²) < 4.78 is 1.90. The molecule has 0 bridgehead atoms. The van der Waals surface area contributed by atoms with E-state index in [1.165, 1.54) is 12.1 Å². The van der Waals surface area contributed by atoms with Gasteiger partial charge in [0.05, 0.1) is 0 Å². The summed E-state index contributed by atoms with van der Waals surface area (Å²) in [6, 6.07) is 17.5. The van der Waals surface area contributed by atoms with E-state index in [-0.39, 0.29) is 24.2 Å². The summed E-state index contributed by atoms with van der Waals surface area (Å²) in [5.74, 6) is -0.703. The van der Waals surface area contributed by atoms with Gasteiger partial charge in [-0.1, -0.05) is 34.1 Å². The number of carbonyl (C=O) groups excluding carboxylic acids is 2. The average Bonchev–Trinajstić information content (AvgIpc) is 3.06. The third kappa shape index (κ3) is 4.04. The molecular formula is C22H19BrN4O3. The molecule has 0 saturated heterocycles. The molecule has 0 saturated carbocycles. The number of anilines is 2. The molecule has 3 aromatic rings. The zero-order valence-corrected chi connectivity index (χ0v) is 17.8. The molecule has 1 aromatic heterocycles. The van der Waals surface area contributed by atoms with Gasteiger partial charge < -0.3 is 10.2 Å². The number of para-hydroxylation sites is 1. The number of halogens is 1. The Bertz CT molecular complexity index is 1170. The summed E-state index contributed by atoms with van der Waals surface area (Å²) in [5.41, 5.74) is 2.22. The molecule has 0 fully saturated rings. The summed E-state index contributed by atoms with van der Waals surface area (Å²) in [7, 11) is 0. The highest BCUT2D eigenvalue weighted by Gasteiger charge is 2.32. The summed E-state index contributed by atoms with van der Waals surface area (Å²) >= 11 is 3.33. The van der Waals surface area contributed by atoms with E-state index in [0.717, 1.165) is 26.8 Å². The largest absolute Gasteiger partial charge is 0.324 e. The number of aromatic nitrogens is 2. The molecular weight excluding hydrogens is 448 g/mol.